The molecule has 1 aromatic heterocycles. The average molecular weight is 429 g/mol. The Kier molecular flexibility index (Phi) is 5.83. The number of aromatic nitrogens is 1. The number of oxime groups is 1. The van der Waals surface area contributed by atoms with E-state index in [-0.39, 0.29) is 13.1 Å². The Labute approximate surface area is 177 Å². The van der Waals surface area contributed by atoms with Crippen LogP contribution in [0.5, 0.6) is 0 Å². The summed E-state index contributed by atoms with van der Waals surface area (Å²) in [5.41, 5.74) is 1.32. The van der Waals surface area contributed by atoms with Crippen LogP contribution in [0, 0.1) is 5.82 Å². The van der Waals surface area contributed by atoms with Crippen molar-refractivity contribution in [2.75, 3.05) is 43.2 Å². The molecule has 2 aliphatic heterocycles. The van der Waals surface area contributed by atoms with Crippen LogP contribution >= 0.6 is 0 Å². The monoisotopic (exact) mass is 429 g/mol. The van der Waals surface area contributed by atoms with Gasteiger partial charge in [-0.25, -0.2) is 19.0 Å². The van der Waals surface area contributed by atoms with Gasteiger partial charge >= 0.3 is 12.2 Å². The molecule has 4 rings (SSSR count). The van der Waals surface area contributed by atoms with Gasteiger partial charge in [-0.1, -0.05) is 5.16 Å². The molecule has 1 atom stereocenters. The molecule has 3 heterocycles. The smallest absolute Gasteiger partial charge is 0.414 e. The number of carbonyl (C=O) groups is 2. The number of anilines is 2. The number of benzene rings is 1. The molecule has 1 fully saturated rings. The second-order valence-electron chi connectivity index (χ2n) is 6.81. The maximum Gasteiger partial charge on any atom is 0.414 e. The van der Waals surface area contributed by atoms with E-state index >= 15 is 0 Å². The standard InChI is InChI=1S/C20H20FN5O5/c1-29-19(27)23-10-15-11-26(20(28)31-15)14-3-4-16(17(21)8-14)13-2-5-18(22-9-13)25-6-7-30-24-12-25/h2-5,8-9,12,15H,6-7,10-11H2,1H3,(H,23,27)/t15-/m0/s1. The highest BCUT2D eigenvalue weighted by molar-refractivity contribution is 5.90. The number of pyridine rings is 1. The molecule has 0 saturated carbocycles. The van der Waals surface area contributed by atoms with Gasteiger partial charge < -0.3 is 24.5 Å². The maximum atomic E-state index is 14.8. The Morgan fingerprint density at radius 3 is 2.90 bits per heavy atom. The number of alkyl carbamates (subject to hydrolysis) is 1. The lowest BCUT2D eigenvalue weighted by Gasteiger charge is -2.20. The molecular formula is C20H20FN5O5. The lowest BCUT2D eigenvalue weighted by Crippen LogP contribution is -2.34. The van der Waals surface area contributed by atoms with Crippen molar-refractivity contribution in [1.29, 1.82) is 0 Å². The Bertz CT molecular complexity index is 1000. The highest BCUT2D eigenvalue weighted by Gasteiger charge is 2.33. The molecule has 31 heavy (non-hydrogen) atoms. The molecule has 2 aromatic rings. The SMILES string of the molecule is COC(=O)NC[C@H]1CN(c2ccc(-c3ccc(N4C=NOCC4)nc3)c(F)c2)C(=O)O1. The summed E-state index contributed by atoms with van der Waals surface area (Å²) < 4.78 is 24.5. The van der Waals surface area contributed by atoms with Gasteiger partial charge in [0.25, 0.3) is 0 Å². The maximum absolute atomic E-state index is 14.8. The summed E-state index contributed by atoms with van der Waals surface area (Å²) in [4.78, 5) is 35.8. The first-order valence-electron chi connectivity index (χ1n) is 9.53. The number of nitrogens with one attached hydrogen (secondary N) is 1. The Morgan fingerprint density at radius 1 is 1.35 bits per heavy atom. The van der Waals surface area contributed by atoms with Gasteiger partial charge in [-0.2, -0.15) is 0 Å². The lowest BCUT2D eigenvalue weighted by molar-refractivity contribution is 0.132. The number of ether oxygens (including phenoxy) is 2. The van der Waals surface area contributed by atoms with Gasteiger partial charge in [-0.05, 0) is 30.3 Å². The van der Waals surface area contributed by atoms with Crippen LogP contribution in [-0.2, 0) is 14.3 Å². The third kappa shape index (κ3) is 4.49. The molecule has 1 N–H and O–H groups in total. The highest BCUT2D eigenvalue weighted by Crippen LogP contribution is 2.29. The highest BCUT2D eigenvalue weighted by atomic mass is 19.1. The van der Waals surface area contributed by atoms with E-state index in [2.05, 4.69) is 20.2 Å². The molecule has 2 amide bonds. The van der Waals surface area contributed by atoms with Crippen molar-refractivity contribution in [3.63, 3.8) is 0 Å². The van der Waals surface area contributed by atoms with Gasteiger partial charge in [0.2, 0.25) is 0 Å². The van der Waals surface area contributed by atoms with E-state index in [9.17, 15) is 14.0 Å². The van der Waals surface area contributed by atoms with Crippen molar-refractivity contribution in [3.05, 3.63) is 42.3 Å². The van der Waals surface area contributed by atoms with Crippen LogP contribution in [0.3, 0.4) is 0 Å². The molecule has 1 saturated heterocycles. The molecule has 0 unspecified atom stereocenters. The van der Waals surface area contributed by atoms with Gasteiger partial charge in [0.05, 0.1) is 32.4 Å². The zero-order valence-electron chi connectivity index (χ0n) is 16.7. The van der Waals surface area contributed by atoms with E-state index in [0.29, 0.717) is 35.8 Å². The number of rotatable bonds is 5. The van der Waals surface area contributed by atoms with Crippen molar-refractivity contribution in [2.45, 2.75) is 6.10 Å². The Morgan fingerprint density at radius 2 is 2.23 bits per heavy atom. The molecule has 10 nitrogen and oxygen atoms in total. The van der Waals surface area contributed by atoms with Gasteiger partial charge in [0, 0.05) is 17.3 Å². The minimum absolute atomic E-state index is 0.0986. The van der Waals surface area contributed by atoms with Crippen LogP contribution in [0.4, 0.5) is 25.5 Å². The van der Waals surface area contributed by atoms with Crippen LogP contribution in [0.1, 0.15) is 0 Å². The van der Waals surface area contributed by atoms with Crippen LogP contribution < -0.4 is 15.1 Å². The number of halogens is 1. The van der Waals surface area contributed by atoms with Crippen LogP contribution in [-0.4, -0.2) is 63.0 Å². The van der Waals surface area contributed by atoms with Crippen molar-refractivity contribution < 1.29 is 28.3 Å². The number of carbonyl (C=O) groups excluding carboxylic acids is 2. The summed E-state index contributed by atoms with van der Waals surface area (Å²) in [6.45, 7) is 1.37. The molecular weight excluding hydrogens is 409 g/mol. The van der Waals surface area contributed by atoms with Crippen molar-refractivity contribution >= 4 is 30.0 Å². The van der Waals surface area contributed by atoms with Crippen molar-refractivity contribution in [3.8, 4) is 11.1 Å². The molecule has 0 aliphatic carbocycles. The normalized spacial score (nSPS) is 17.9. The molecule has 11 heteroatoms. The fraction of sp³-hybridized carbons (Fsp3) is 0.300. The van der Waals surface area contributed by atoms with Crippen LogP contribution in [0.15, 0.2) is 41.7 Å². The summed E-state index contributed by atoms with van der Waals surface area (Å²) in [6.07, 6.45) is 1.33. The topological polar surface area (TPSA) is 106 Å². The summed E-state index contributed by atoms with van der Waals surface area (Å²) in [5.74, 6) is 0.183. The van der Waals surface area contributed by atoms with Gasteiger partial charge in [-0.15, -0.1) is 0 Å². The van der Waals surface area contributed by atoms with Crippen LogP contribution in [0.25, 0.3) is 11.1 Å². The summed E-state index contributed by atoms with van der Waals surface area (Å²) in [6, 6.07) is 8.04. The van der Waals surface area contributed by atoms with Gasteiger partial charge in [0.15, 0.2) is 0 Å². The van der Waals surface area contributed by atoms with E-state index in [4.69, 9.17) is 9.57 Å². The fourth-order valence-corrected chi connectivity index (χ4v) is 3.24. The molecule has 162 valence electrons. The number of hydrogen-bond donors (Lipinski definition) is 1. The number of cyclic esters (lactones) is 1. The first-order chi connectivity index (χ1) is 15.0. The number of methoxy groups -OCH3 is 1. The first-order valence-corrected chi connectivity index (χ1v) is 9.53. The summed E-state index contributed by atoms with van der Waals surface area (Å²) in [5, 5.41) is 6.22. The number of amides is 2. The van der Waals surface area contributed by atoms with Gasteiger partial charge in [-0.3, -0.25) is 4.90 Å². The molecule has 1 aromatic carbocycles. The summed E-state index contributed by atoms with van der Waals surface area (Å²) in [7, 11) is 1.24. The fourth-order valence-electron chi connectivity index (χ4n) is 3.24. The van der Waals surface area contributed by atoms with E-state index < -0.39 is 24.1 Å². The molecule has 0 spiro atoms. The van der Waals surface area contributed by atoms with E-state index in [0.717, 1.165) is 0 Å². The zero-order valence-corrected chi connectivity index (χ0v) is 16.7. The Balaban J connectivity index is 1.45. The average Bonchev–Trinajstić information content (AvgIpc) is 3.18. The molecule has 2 aliphatic rings. The quantitative estimate of drug-likeness (QED) is 0.778. The van der Waals surface area contributed by atoms with Crippen LogP contribution in [0.2, 0.25) is 0 Å². The Hall–Kier alpha value is -3.89. The minimum Gasteiger partial charge on any atom is -0.453 e. The second kappa shape index (κ2) is 8.86. The van der Waals surface area contributed by atoms with Crippen molar-refractivity contribution in [1.82, 2.24) is 10.3 Å². The minimum atomic E-state index is -0.620. The van der Waals surface area contributed by atoms with E-state index in [1.807, 2.05) is 4.90 Å². The third-order valence-corrected chi connectivity index (χ3v) is 4.84. The molecule has 0 bridgehead atoms. The van der Waals surface area contributed by atoms with E-state index in [1.165, 1.54) is 18.1 Å². The van der Waals surface area contributed by atoms with Gasteiger partial charge in [0.1, 0.15) is 30.7 Å². The number of nitrogens with zero attached hydrogens (tertiary/aromatic N) is 4. The second-order valence-corrected chi connectivity index (χ2v) is 6.81. The zero-order chi connectivity index (χ0) is 21.8. The predicted octanol–water partition coefficient (Wildman–Crippen LogP) is 2.35. The molecule has 0 radical (unpaired) electrons. The lowest BCUT2D eigenvalue weighted by atomic mass is 10.1. The predicted molar refractivity (Wildman–Crippen MR) is 109 cm³/mol. The largest absolute Gasteiger partial charge is 0.453 e. The summed E-state index contributed by atoms with van der Waals surface area (Å²) >= 11 is 0. The third-order valence-electron chi connectivity index (χ3n) is 4.84. The number of hydrogen-bond acceptors (Lipinski definition) is 8. The van der Waals surface area contributed by atoms with Crippen molar-refractivity contribution in [2.24, 2.45) is 5.16 Å². The van der Waals surface area contributed by atoms with E-state index in [1.54, 1.807) is 36.8 Å². The first kappa shape index (κ1) is 20.4.